The van der Waals surface area contributed by atoms with Crippen LogP contribution in [-0.4, -0.2) is 59.4 Å². The Hall–Kier alpha value is -1.95. The summed E-state index contributed by atoms with van der Waals surface area (Å²) in [5.74, 6) is 1.81. The number of likely N-dealkylation sites (tertiary alicyclic amines) is 2. The maximum Gasteiger partial charge on any atom is 0.228 e. The zero-order valence-electron chi connectivity index (χ0n) is 14.2. The molecule has 6 nitrogen and oxygen atoms in total. The standard InChI is InChI=1S/C19H23N3O3/c23-18-14-9-22(19(24)17-15-10-25-11-16(15)17)8-13(14)3-5-21(18)7-12-2-1-4-20-6-12/h1-2,4,6,13-17H,3,5,7-11H2/t13?,14?,15-,16+,17?. The number of hydrogen-bond acceptors (Lipinski definition) is 4. The SMILES string of the molecule is O=C1C2CN(C(=O)C3[C@H]4COC[C@@H]34)CC2CCN1Cc1cccnc1. The van der Waals surface area contributed by atoms with E-state index in [-0.39, 0.29) is 23.7 Å². The summed E-state index contributed by atoms with van der Waals surface area (Å²) in [7, 11) is 0. The van der Waals surface area contributed by atoms with Crippen molar-refractivity contribution in [2.45, 2.75) is 13.0 Å². The van der Waals surface area contributed by atoms with Crippen LogP contribution in [0, 0.1) is 29.6 Å². The number of fused-ring (bicyclic) bond motifs is 2. The summed E-state index contributed by atoms with van der Waals surface area (Å²) in [6, 6.07) is 3.91. The number of carbonyl (C=O) groups excluding carboxylic acids is 2. The molecule has 25 heavy (non-hydrogen) atoms. The molecule has 1 aromatic heterocycles. The molecule has 132 valence electrons. The molecule has 0 N–H and O–H groups in total. The Morgan fingerprint density at radius 1 is 1.28 bits per heavy atom. The fourth-order valence-electron chi connectivity index (χ4n) is 4.98. The number of amides is 2. The van der Waals surface area contributed by atoms with Crippen LogP contribution in [0.3, 0.4) is 0 Å². The third kappa shape index (κ3) is 2.54. The molecule has 0 aromatic carbocycles. The second-order valence-electron chi connectivity index (χ2n) is 7.91. The van der Waals surface area contributed by atoms with E-state index >= 15 is 0 Å². The minimum absolute atomic E-state index is 0.0239. The van der Waals surface area contributed by atoms with Crippen molar-refractivity contribution in [3.05, 3.63) is 30.1 Å². The van der Waals surface area contributed by atoms with Crippen molar-refractivity contribution in [1.82, 2.24) is 14.8 Å². The van der Waals surface area contributed by atoms with E-state index in [0.29, 0.717) is 30.8 Å². The molecule has 0 spiro atoms. The smallest absolute Gasteiger partial charge is 0.228 e. The summed E-state index contributed by atoms with van der Waals surface area (Å²) in [5.41, 5.74) is 1.06. The summed E-state index contributed by atoms with van der Waals surface area (Å²) in [6.45, 7) is 4.22. The van der Waals surface area contributed by atoms with Gasteiger partial charge < -0.3 is 14.5 Å². The van der Waals surface area contributed by atoms with E-state index in [4.69, 9.17) is 4.74 Å². The zero-order valence-corrected chi connectivity index (χ0v) is 14.2. The van der Waals surface area contributed by atoms with E-state index in [1.807, 2.05) is 28.1 Å². The van der Waals surface area contributed by atoms with Crippen LogP contribution >= 0.6 is 0 Å². The topological polar surface area (TPSA) is 62.7 Å². The number of pyridine rings is 1. The predicted molar refractivity (Wildman–Crippen MR) is 89.1 cm³/mol. The molecule has 1 saturated carbocycles. The number of hydrogen-bond donors (Lipinski definition) is 0. The van der Waals surface area contributed by atoms with Crippen LogP contribution in [0.25, 0.3) is 0 Å². The Morgan fingerprint density at radius 2 is 2.12 bits per heavy atom. The van der Waals surface area contributed by atoms with Crippen LogP contribution in [0.5, 0.6) is 0 Å². The molecule has 4 heterocycles. The molecule has 3 unspecified atom stereocenters. The van der Waals surface area contributed by atoms with Crippen molar-refractivity contribution in [2.24, 2.45) is 29.6 Å². The quantitative estimate of drug-likeness (QED) is 0.815. The molecule has 0 radical (unpaired) electrons. The van der Waals surface area contributed by atoms with E-state index < -0.39 is 0 Å². The fraction of sp³-hybridized carbons (Fsp3) is 0.632. The van der Waals surface area contributed by atoms with Gasteiger partial charge in [0, 0.05) is 44.5 Å². The Balaban J connectivity index is 1.24. The van der Waals surface area contributed by atoms with Gasteiger partial charge in [-0.25, -0.2) is 0 Å². The monoisotopic (exact) mass is 341 g/mol. The highest BCUT2D eigenvalue weighted by molar-refractivity contribution is 5.86. The first-order chi connectivity index (χ1) is 12.2. The maximum absolute atomic E-state index is 12.9. The molecule has 0 bridgehead atoms. The van der Waals surface area contributed by atoms with Gasteiger partial charge in [0.05, 0.1) is 19.1 Å². The highest BCUT2D eigenvalue weighted by Gasteiger charge is 2.60. The number of nitrogens with zero attached hydrogens (tertiary/aromatic N) is 3. The number of ether oxygens (including phenoxy) is 1. The number of rotatable bonds is 3. The lowest BCUT2D eigenvalue weighted by Gasteiger charge is -2.33. The van der Waals surface area contributed by atoms with Crippen molar-refractivity contribution in [2.75, 3.05) is 32.8 Å². The van der Waals surface area contributed by atoms with E-state index in [1.54, 1.807) is 6.20 Å². The van der Waals surface area contributed by atoms with E-state index in [2.05, 4.69) is 4.98 Å². The minimum atomic E-state index is -0.0239. The largest absolute Gasteiger partial charge is 0.381 e. The van der Waals surface area contributed by atoms with E-state index in [9.17, 15) is 9.59 Å². The third-order valence-electron chi connectivity index (χ3n) is 6.48. The highest BCUT2D eigenvalue weighted by Crippen LogP contribution is 2.52. The van der Waals surface area contributed by atoms with Gasteiger partial charge in [-0.1, -0.05) is 6.07 Å². The van der Waals surface area contributed by atoms with E-state index in [0.717, 1.165) is 38.3 Å². The normalized spacial score (nSPS) is 36.3. The first kappa shape index (κ1) is 15.3. The molecule has 1 aliphatic carbocycles. The molecule has 6 heteroatoms. The van der Waals surface area contributed by atoms with Gasteiger partial charge in [-0.2, -0.15) is 0 Å². The summed E-state index contributed by atoms with van der Waals surface area (Å²) < 4.78 is 5.40. The lowest BCUT2D eigenvalue weighted by Crippen LogP contribution is -2.44. The predicted octanol–water partition coefficient (Wildman–Crippen LogP) is 0.781. The van der Waals surface area contributed by atoms with Crippen LogP contribution < -0.4 is 0 Å². The van der Waals surface area contributed by atoms with Crippen LogP contribution in [0.4, 0.5) is 0 Å². The summed E-state index contributed by atoms with van der Waals surface area (Å²) in [4.78, 5) is 33.7. The summed E-state index contributed by atoms with van der Waals surface area (Å²) in [5, 5.41) is 0. The van der Waals surface area contributed by atoms with Crippen LogP contribution in [0.2, 0.25) is 0 Å². The van der Waals surface area contributed by atoms with Gasteiger partial charge in [0.15, 0.2) is 0 Å². The highest BCUT2D eigenvalue weighted by atomic mass is 16.5. The molecular formula is C19H23N3O3. The number of piperidine rings is 1. The maximum atomic E-state index is 12.9. The number of carbonyl (C=O) groups is 2. The van der Waals surface area contributed by atoms with Crippen LogP contribution in [-0.2, 0) is 20.9 Å². The number of aromatic nitrogens is 1. The van der Waals surface area contributed by atoms with Gasteiger partial charge in [-0.05, 0) is 35.8 Å². The molecule has 5 rings (SSSR count). The van der Waals surface area contributed by atoms with Gasteiger partial charge >= 0.3 is 0 Å². The molecular weight excluding hydrogens is 318 g/mol. The first-order valence-electron chi connectivity index (χ1n) is 9.26. The fourth-order valence-corrected chi connectivity index (χ4v) is 4.98. The molecule has 5 atom stereocenters. The zero-order chi connectivity index (χ0) is 17.0. The van der Waals surface area contributed by atoms with Crippen molar-refractivity contribution in [3.63, 3.8) is 0 Å². The van der Waals surface area contributed by atoms with Gasteiger partial charge in [-0.3, -0.25) is 14.6 Å². The Bertz CT molecular complexity index is 684. The van der Waals surface area contributed by atoms with Gasteiger partial charge in [0.1, 0.15) is 0 Å². The Labute approximate surface area is 147 Å². The van der Waals surface area contributed by atoms with E-state index in [1.165, 1.54) is 0 Å². The second kappa shape index (κ2) is 5.80. The van der Waals surface area contributed by atoms with Crippen molar-refractivity contribution < 1.29 is 14.3 Å². The van der Waals surface area contributed by atoms with Crippen molar-refractivity contribution >= 4 is 11.8 Å². The van der Waals surface area contributed by atoms with Gasteiger partial charge in [-0.15, -0.1) is 0 Å². The van der Waals surface area contributed by atoms with Gasteiger partial charge in [0.2, 0.25) is 11.8 Å². The minimum Gasteiger partial charge on any atom is -0.381 e. The van der Waals surface area contributed by atoms with Crippen LogP contribution in [0.1, 0.15) is 12.0 Å². The third-order valence-corrected chi connectivity index (χ3v) is 6.48. The second-order valence-corrected chi connectivity index (χ2v) is 7.91. The molecule has 3 saturated heterocycles. The summed E-state index contributed by atoms with van der Waals surface area (Å²) in [6.07, 6.45) is 4.55. The molecule has 4 aliphatic rings. The average Bonchev–Trinajstić information content (AvgIpc) is 3.00. The molecule has 4 fully saturated rings. The first-order valence-corrected chi connectivity index (χ1v) is 9.26. The Morgan fingerprint density at radius 3 is 2.88 bits per heavy atom. The lowest BCUT2D eigenvalue weighted by atomic mass is 9.88. The van der Waals surface area contributed by atoms with Crippen molar-refractivity contribution in [1.29, 1.82) is 0 Å². The van der Waals surface area contributed by atoms with Crippen molar-refractivity contribution in [3.8, 4) is 0 Å². The average molecular weight is 341 g/mol. The molecule has 3 aliphatic heterocycles. The lowest BCUT2D eigenvalue weighted by molar-refractivity contribution is -0.140. The molecule has 1 aromatic rings. The summed E-state index contributed by atoms with van der Waals surface area (Å²) >= 11 is 0. The van der Waals surface area contributed by atoms with Crippen LogP contribution in [0.15, 0.2) is 24.5 Å². The Kier molecular flexibility index (Phi) is 3.55. The molecule has 2 amide bonds. The van der Waals surface area contributed by atoms with Gasteiger partial charge in [0.25, 0.3) is 0 Å².